The lowest BCUT2D eigenvalue weighted by Crippen LogP contribution is -2.48. The first kappa shape index (κ1) is 58.7. The molecule has 2 aromatic heterocycles. The van der Waals surface area contributed by atoms with Crippen LogP contribution < -0.4 is 44.0 Å². The standard InChI is InChI=1S/C43H54N12O17S/c44-42(45)47-9-1-2-26(29(57)11-21(14-32(61)62)38(67)53-28(15-33(63)64)30(58)12-22(18-73)40(69)70)51-37(66)20(13-31(59)60)10-25(56)7-8-27(41(71)72)52-36(65)19-3-5-23(6-4-19)48-16-24-17-49-35-34(50-24)39(68)55-43(46)54-35/h3-6,17,20-22,26-28,48,73H,1-2,7-16,18H2,(H,51,66)(H,52,65)(H,53,67)(H,59,60)(H,61,62)(H,63,64)(H,69,70)(H,71,72)(H4,44,45,47)(H3,46,49,54,55,68)/t20-,21-,22+,26-,27-,28?/m1/s1. The van der Waals surface area contributed by atoms with Crippen LogP contribution in [-0.4, -0.2) is 147 Å². The fraction of sp³-hybridized carbons (Fsp3) is 0.442. The van der Waals surface area contributed by atoms with Crippen molar-refractivity contribution in [1.29, 1.82) is 0 Å². The number of nitrogens with zero attached hydrogens (tertiary/aromatic N) is 4. The van der Waals surface area contributed by atoms with E-state index >= 15 is 0 Å². The second-order valence-corrected chi connectivity index (χ2v) is 16.7. The van der Waals surface area contributed by atoms with Crippen LogP contribution in [0.2, 0.25) is 0 Å². The molecule has 1 aromatic carbocycles. The van der Waals surface area contributed by atoms with Crippen molar-refractivity contribution >= 4 is 106 Å². The number of nitrogens with one attached hydrogen (secondary N) is 5. The van der Waals surface area contributed by atoms with Crippen molar-refractivity contribution in [2.75, 3.05) is 23.3 Å². The summed E-state index contributed by atoms with van der Waals surface area (Å²) in [5.41, 5.74) is 16.6. The third-order valence-corrected chi connectivity index (χ3v) is 11.1. The van der Waals surface area contributed by atoms with Crippen LogP contribution in [0.15, 0.2) is 40.2 Å². The first-order valence-corrected chi connectivity index (χ1v) is 22.6. The second kappa shape index (κ2) is 28.3. The minimum absolute atomic E-state index is 0.0207. The fourth-order valence-electron chi connectivity index (χ4n) is 6.92. The van der Waals surface area contributed by atoms with E-state index in [1.165, 1.54) is 30.5 Å². The fourth-order valence-corrected chi connectivity index (χ4v) is 7.21. The van der Waals surface area contributed by atoms with Crippen LogP contribution in [0.4, 0.5) is 11.6 Å². The first-order chi connectivity index (χ1) is 34.4. The van der Waals surface area contributed by atoms with Gasteiger partial charge in [0.2, 0.25) is 17.8 Å². The van der Waals surface area contributed by atoms with Gasteiger partial charge in [-0.3, -0.25) is 62.7 Å². The van der Waals surface area contributed by atoms with Gasteiger partial charge in [-0.05, 0) is 43.5 Å². The molecule has 0 aliphatic rings. The Labute approximate surface area is 418 Å². The van der Waals surface area contributed by atoms with Gasteiger partial charge in [0, 0.05) is 49.2 Å². The number of aliphatic carboxylic acids is 5. The van der Waals surface area contributed by atoms with Gasteiger partial charge in [0.25, 0.3) is 11.5 Å². The summed E-state index contributed by atoms with van der Waals surface area (Å²) in [6.07, 6.45) is -5.64. The van der Waals surface area contributed by atoms with E-state index in [1.807, 2.05) is 0 Å². The summed E-state index contributed by atoms with van der Waals surface area (Å²) in [4.78, 5) is 170. The van der Waals surface area contributed by atoms with Crippen LogP contribution in [-0.2, 0) is 54.5 Å². The monoisotopic (exact) mass is 1040 g/mol. The number of carboxylic acids is 5. The van der Waals surface area contributed by atoms with Gasteiger partial charge in [-0.1, -0.05) is 0 Å². The number of amides is 3. The Bertz CT molecular complexity index is 2660. The molecule has 30 heteroatoms. The van der Waals surface area contributed by atoms with Crippen LogP contribution in [0, 0.1) is 17.8 Å². The highest BCUT2D eigenvalue weighted by atomic mass is 32.1. The quantitative estimate of drug-likeness (QED) is 0.0137. The summed E-state index contributed by atoms with van der Waals surface area (Å²) < 4.78 is 0. The lowest BCUT2D eigenvalue weighted by atomic mass is 9.90. The third-order valence-electron chi connectivity index (χ3n) is 10.7. The number of nitrogen functional groups attached to an aromatic ring is 1. The Morgan fingerprint density at radius 2 is 1.26 bits per heavy atom. The van der Waals surface area contributed by atoms with Gasteiger partial charge in [-0.2, -0.15) is 17.6 Å². The largest absolute Gasteiger partial charge is 0.481 e. The molecule has 0 saturated carbocycles. The molecule has 0 aliphatic carbocycles. The third kappa shape index (κ3) is 20.0. The number of anilines is 2. The van der Waals surface area contributed by atoms with Crippen molar-refractivity contribution in [3.63, 3.8) is 0 Å². The number of hydrogen-bond donors (Lipinski definition) is 14. The maximum atomic E-state index is 13.8. The number of guanidine groups is 1. The van der Waals surface area contributed by atoms with E-state index in [9.17, 15) is 83.1 Å². The van der Waals surface area contributed by atoms with Gasteiger partial charge < -0.3 is 64.0 Å². The number of carbonyl (C=O) groups excluding carboxylic acids is 6. The van der Waals surface area contributed by atoms with Gasteiger partial charge in [-0.25, -0.2) is 14.8 Å². The molecular weight excluding hydrogens is 989 g/mol. The Morgan fingerprint density at radius 1 is 0.685 bits per heavy atom. The number of aliphatic imine (C=N–C) groups is 1. The Kier molecular flexibility index (Phi) is 22.8. The van der Waals surface area contributed by atoms with Crippen molar-refractivity contribution in [2.24, 2.45) is 34.2 Å². The molecule has 0 spiro atoms. The number of aromatic amines is 1. The molecule has 3 amide bonds. The van der Waals surface area contributed by atoms with Gasteiger partial charge in [0.15, 0.2) is 28.7 Å². The van der Waals surface area contributed by atoms with E-state index in [-0.39, 0.29) is 60.3 Å². The van der Waals surface area contributed by atoms with Crippen molar-refractivity contribution < 1.29 is 78.3 Å². The zero-order valence-corrected chi connectivity index (χ0v) is 39.5. The summed E-state index contributed by atoms with van der Waals surface area (Å²) in [6, 6.07) is 0.620. The molecule has 0 bridgehead atoms. The lowest BCUT2D eigenvalue weighted by molar-refractivity contribution is -0.145. The topological polar surface area (TPSA) is 499 Å². The number of hydrogen-bond acceptors (Lipinski definition) is 19. The molecule has 1 unspecified atom stereocenters. The number of aromatic nitrogens is 4. The molecule has 0 saturated heterocycles. The zero-order chi connectivity index (χ0) is 54.5. The summed E-state index contributed by atoms with van der Waals surface area (Å²) in [6.45, 7) is -0.0205. The highest BCUT2D eigenvalue weighted by molar-refractivity contribution is 7.80. The number of H-pyrrole nitrogens is 1. The van der Waals surface area contributed by atoms with Crippen molar-refractivity contribution in [1.82, 2.24) is 35.9 Å². The number of fused-ring (bicyclic) bond motifs is 1. The molecule has 394 valence electrons. The summed E-state index contributed by atoms with van der Waals surface area (Å²) >= 11 is 3.86. The summed E-state index contributed by atoms with van der Waals surface area (Å²) in [7, 11) is 0. The minimum atomic E-state index is -1.85. The van der Waals surface area contributed by atoms with Crippen LogP contribution in [0.25, 0.3) is 11.2 Å². The molecule has 0 fully saturated rings. The molecule has 0 aliphatic heterocycles. The SMILES string of the molecule is NC(N)=NCCC[C@@H](NC(=O)[C@@H](CC(=O)O)CC(=O)CC[C@@H](NC(=O)c1ccc(NCc2cnc3nc(N)[nH]c(=O)c3n2)cc1)C(=O)O)C(=O)C[C@H](CC(=O)O)C(=O)NC(CC(=O)O)C(=O)C[C@@H](CS)C(=O)O. The van der Waals surface area contributed by atoms with Crippen LogP contribution in [0.1, 0.15) is 80.3 Å². The Morgan fingerprint density at radius 3 is 1.82 bits per heavy atom. The van der Waals surface area contributed by atoms with Crippen LogP contribution in [0.3, 0.4) is 0 Å². The second-order valence-electron chi connectivity index (χ2n) is 16.4. The number of nitrogens with two attached hydrogens (primary N) is 3. The minimum Gasteiger partial charge on any atom is -0.481 e. The highest BCUT2D eigenvalue weighted by Gasteiger charge is 2.35. The van der Waals surface area contributed by atoms with Gasteiger partial charge in [-0.15, -0.1) is 0 Å². The van der Waals surface area contributed by atoms with Crippen LogP contribution >= 0.6 is 12.6 Å². The lowest BCUT2D eigenvalue weighted by Gasteiger charge is -2.24. The first-order valence-electron chi connectivity index (χ1n) is 22.0. The molecule has 2 heterocycles. The number of carbonyl (C=O) groups is 11. The average molecular weight is 1040 g/mol. The van der Waals surface area contributed by atoms with Crippen LogP contribution in [0.5, 0.6) is 0 Å². The van der Waals surface area contributed by atoms with Crippen molar-refractivity contribution in [3.8, 4) is 0 Å². The molecule has 3 rings (SSSR count). The van der Waals surface area contributed by atoms with E-state index in [0.29, 0.717) is 11.4 Å². The Balaban J connectivity index is 1.71. The van der Waals surface area contributed by atoms with Gasteiger partial charge >= 0.3 is 29.8 Å². The Hall–Kier alpha value is -8.57. The molecule has 16 N–H and O–H groups in total. The van der Waals surface area contributed by atoms with E-state index in [2.05, 4.69) is 58.8 Å². The average Bonchev–Trinajstić information content (AvgIpc) is 3.30. The number of ketones is 3. The maximum absolute atomic E-state index is 13.8. The highest BCUT2D eigenvalue weighted by Crippen LogP contribution is 2.20. The molecular formula is C43H54N12O17S. The maximum Gasteiger partial charge on any atom is 0.326 e. The van der Waals surface area contributed by atoms with E-state index < -0.39 is 158 Å². The molecule has 3 aromatic rings. The number of rotatable bonds is 33. The van der Waals surface area contributed by atoms with Crippen molar-refractivity contribution in [3.05, 3.63) is 52.1 Å². The van der Waals surface area contributed by atoms with E-state index in [4.69, 9.17) is 17.2 Å². The summed E-state index contributed by atoms with van der Waals surface area (Å²) in [5, 5.41) is 57.6. The zero-order valence-electron chi connectivity index (χ0n) is 38.6. The van der Waals surface area contributed by atoms with E-state index in [1.54, 1.807) is 0 Å². The predicted molar refractivity (Wildman–Crippen MR) is 256 cm³/mol. The number of carboxylic acid groups (broad SMARTS) is 5. The number of thiol groups is 1. The molecule has 0 radical (unpaired) electrons. The smallest absolute Gasteiger partial charge is 0.326 e. The van der Waals surface area contributed by atoms with Crippen molar-refractivity contribution in [2.45, 2.75) is 88.9 Å². The predicted octanol–water partition coefficient (Wildman–Crippen LogP) is -1.94. The molecule has 73 heavy (non-hydrogen) atoms. The van der Waals surface area contributed by atoms with Gasteiger partial charge in [0.1, 0.15) is 11.8 Å². The molecule has 29 nitrogen and oxygen atoms in total. The number of Topliss-reactive ketones (excluding diaryl/α,β-unsaturated/α-hetero) is 3. The molecule has 6 atom stereocenters. The number of benzene rings is 1. The summed E-state index contributed by atoms with van der Waals surface area (Å²) in [5.74, 6) is -19.6. The van der Waals surface area contributed by atoms with E-state index in [0.717, 1.165) is 0 Å². The van der Waals surface area contributed by atoms with Gasteiger partial charge in [0.05, 0.1) is 67.5 Å². The normalized spacial score (nSPS) is 13.4.